The Morgan fingerprint density at radius 1 is 1.11 bits per heavy atom. The summed E-state index contributed by atoms with van der Waals surface area (Å²) in [4.78, 5) is 0. The summed E-state index contributed by atoms with van der Waals surface area (Å²) in [7, 11) is 0. The summed E-state index contributed by atoms with van der Waals surface area (Å²) in [5.41, 5.74) is -0.651. The highest BCUT2D eigenvalue weighted by Gasteiger charge is 2.35. The summed E-state index contributed by atoms with van der Waals surface area (Å²) in [5.74, 6) is 0.320. The first kappa shape index (κ1) is 12.8. The lowest BCUT2D eigenvalue weighted by Gasteiger charge is -2.29. The maximum Gasteiger partial charge on any atom is 0.416 e. The van der Waals surface area contributed by atoms with E-state index in [4.69, 9.17) is 4.74 Å². The predicted molar refractivity (Wildman–Crippen MR) is 65.0 cm³/mol. The van der Waals surface area contributed by atoms with Gasteiger partial charge in [-0.15, -0.1) is 0 Å². The Labute approximate surface area is 109 Å². The summed E-state index contributed by atoms with van der Waals surface area (Å²) in [6, 6.07) is 6.08. The first-order valence-electron chi connectivity index (χ1n) is 6.60. The fourth-order valence-electron chi connectivity index (χ4n) is 3.04. The van der Waals surface area contributed by atoms with Crippen LogP contribution in [0.4, 0.5) is 13.2 Å². The summed E-state index contributed by atoms with van der Waals surface area (Å²) >= 11 is 0. The van der Waals surface area contributed by atoms with Gasteiger partial charge in [-0.2, -0.15) is 13.2 Å². The normalized spacial score (nSPS) is 30.4. The van der Waals surface area contributed by atoms with Crippen LogP contribution in [0.2, 0.25) is 0 Å². The van der Waals surface area contributed by atoms with Gasteiger partial charge in [0.2, 0.25) is 0 Å². The molecule has 2 nitrogen and oxygen atoms in total. The first-order chi connectivity index (χ1) is 9.00. The molecule has 0 spiro atoms. The van der Waals surface area contributed by atoms with E-state index in [2.05, 4.69) is 5.32 Å². The predicted octanol–water partition coefficient (Wildman–Crippen LogP) is 3.37. The van der Waals surface area contributed by atoms with E-state index in [0.29, 0.717) is 17.8 Å². The average molecular weight is 271 g/mol. The third kappa shape index (κ3) is 2.86. The topological polar surface area (TPSA) is 21.3 Å². The van der Waals surface area contributed by atoms with Crippen molar-refractivity contribution in [1.29, 1.82) is 0 Å². The Bertz CT molecular complexity index is 448. The largest absolute Gasteiger partial charge is 0.490 e. The molecule has 1 aromatic carbocycles. The third-order valence-corrected chi connectivity index (χ3v) is 3.89. The van der Waals surface area contributed by atoms with Gasteiger partial charge in [-0.3, -0.25) is 0 Å². The minimum atomic E-state index is -4.31. The van der Waals surface area contributed by atoms with Crippen molar-refractivity contribution in [3.63, 3.8) is 0 Å². The van der Waals surface area contributed by atoms with Crippen LogP contribution in [0.1, 0.15) is 31.2 Å². The molecule has 1 aromatic rings. The molecule has 19 heavy (non-hydrogen) atoms. The second-order valence-electron chi connectivity index (χ2n) is 5.37. The van der Waals surface area contributed by atoms with Crippen LogP contribution in [-0.4, -0.2) is 18.2 Å². The summed E-state index contributed by atoms with van der Waals surface area (Å²) in [6.45, 7) is 0. The second kappa shape index (κ2) is 4.71. The van der Waals surface area contributed by atoms with E-state index in [1.54, 1.807) is 6.07 Å². The van der Waals surface area contributed by atoms with Crippen molar-refractivity contribution >= 4 is 0 Å². The standard InChI is InChI=1S/C14H16F3NO/c15-14(16,17)9-2-1-3-12(6-9)19-13-7-10-4-5-11(8-13)18-10/h1-3,6,10-11,13,18H,4-5,7-8H2. The molecule has 2 heterocycles. The van der Waals surface area contributed by atoms with Crippen molar-refractivity contribution in [3.8, 4) is 5.75 Å². The Balaban J connectivity index is 1.70. The zero-order valence-electron chi connectivity index (χ0n) is 10.4. The van der Waals surface area contributed by atoms with Crippen molar-refractivity contribution in [3.05, 3.63) is 29.8 Å². The minimum Gasteiger partial charge on any atom is -0.490 e. The van der Waals surface area contributed by atoms with Gasteiger partial charge in [0.15, 0.2) is 0 Å². The maximum absolute atomic E-state index is 12.6. The molecule has 1 N–H and O–H groups in total. The van der Waals surface area contributed by atoms with Gasteiger partial charge in [-0.25, -0.2) is 0 Å². The zero-order valence-corrected chi connectivity index (χ0v) is 10.4. The van der Waals surface area contributed by atoms with E-state index in [0.717, 1.165) is 37.8 Å². The maximum atomic E-state index is 12.6. The van der Waals surface area contributed by atoms with Crippen LogP contribution in [0.3, 0.4) is 0 Å². The quantitative estimate of drug-likeness (QED) is 0.890. The second-order valence-corrected chi connectivity index (χ2v) is 5.37. The highest BCUT2D eigenvalue weighted by atomic mass is 19.4. The van der Waals surface area contributed by atoms with E-state index >= 15 is 0 Å². The molecule has 2 saturated heterocycles. The monoisotopic (exact) mass is 271 g/mol. The van der Waals surface area contributed by atoms with Crippen LogP contribution in [0.25, 0.3) is 0 Å². The fraction of sp³-hybridized carbons (Fsp3) is 0.571. The van der Waals surface area contributed by atoms with Gasteiger partial charge >= 0.3 is 6.18 Å². The number of alkyl halides is 3. The zero-order chi connectivity index (χ0) is 13.5. The molecule has 2 fully saturated rings. The molecule has 0 amide bonds. The Morgan fingerprint density at radius 3 is 2.42 bits per heavy atom. The lowest BCUT2D eigenvalue weighted by atomic mass is 10.0. The molecule has 0 saturated carbocycles. The molecule has 3 rings (SSSR count). The van der Waals surface area contributed by atoms with Gasteiger partial charge in [-0.1, -0.05) is 6.07 Å². The van der Waals surface area contributed by atoms with Crippen LogP contribution in [0, 0.1) is 0 Å². The van der Waals surface area contributed by atoms with Gasteiger partial charge in [0.25, 0.3) is 0 Å². The molecule has 2 aliphatic rings. The summed E-state index contributed by atoms with van der Waals surface area (Å²) in [6.07, 6.45) is -0.228. The van der Waals surface area contributed by atoms with E-state index < -0.39 is 11.7 Å². The highest BCUT2D eigenvalue weighted by Crippen LogP contribution is 2.33. The van der Waals surface area contributed by atoms with Crippen molar-refractivity contribution in [2.75, 3.05) is 0 Å². The Morgan fingerprint density at radius 2 is 1.79 bits per heavy atom. The number of halogens is 3. The lowest BCUT2D eigenvalue weighted by Crippen LogP contribution is -2.42. The van der Waals surface area contributed by atoms with Crippen LogP contribution in [0.15, 0.2) is 24.3 Å². The molecule has 0 aromatic heterocycles. The number of hydrogen-bond donors (Lipinski definition) is 1. The lowest BCUT2D eigenvalue weighted by molar-refractivity contribution is -0.137. The number of hydrogen-bond acceptors (Lipinski definition) is 2. The van der Waals surface area contributed by atoms with Crippen LogP contribution in [-0.2, 0) is 6.18 Å². The molecule has 2 atom stereocenters. The number of rotatable bonds is 2. The first-order valence-corrected chi connectivity index (χ1v) is 6.60. The summed E-state index contributed by atoms with van der Waals surface area (Å²) in [5, 5.41) is 3.48. The smallest absolute Gasteiger partial charge is 0.416 e. The molecule has 2 aliphatic heterocycles. The Kier molecular flexibility index (Phi) is 3.17. The Hall–Kier alpha value is -1.23. The molecule has 5 heteroatoms. The van der Waals surface area contributed by atoms with E-state index in [9.17, 15) is 13.2 Å². The van der Waals surface area contributed by atoms with Crippen LogP contribution in [0.5, 0.6) is 5.75 Å². The van der Waals surface area contributed by atoms with E-state index in [-0.39, 0.29) is 6.10 Å². The van der Waals surface area contributed by atoms with E-state index in [1.807, 2.05) is 0 Å². The highest BCUT2D eigenvalue weighted by molar-refractivity contribution is 5.30. The number of nitrogens with one attached hydrogen (secondary N) is 1. The van der Waals surface area contributed by atoms with Crippen LogP contribution < -0.4 is 10.1 Å². The number of piperidine rings is 1. The fourth-order valence-corrected chi connectivity index (χ4v) is 3.04. The molecule has 104 valence electrons. The van der Waals surface area contributed by atoms with Gasteiger partial charge < -0.3 is 10.1 Å². The van der Waals surface area contributed by atoms with Gasteiger partial charge in [0.1, 0.15) is 11.9 Å². The molecular formula is C14H16F3NO. The van der Waals surface area contributed by atoms with Crippen molar-refractivity contribution in [1.82, 2.24) is 5.32 Å². The SMILES string of the molecule is FC(F)(F)c1cccc(OC2CC3CCC(C2)N3)c1. The number of benzene rings is 1. The van der Waals surface area contributed by atoms with Gasteiger partial charge in [-0.05, 0) is 43.9 Å². The van der Waals surface area contributed by atoms with Gasteiger partial charge in [0, 0.05) is 12.1 Å². The number of fused-ring (bicyclic) bond motifs is 2. The van der Waals surface area contributed by atoms with Crippen molar-refractivity contribution < 1.29 is 17.9 Å². The molecule has 2 bridgehead atoms. The van der Waals surface area contributed by atoms with Gasteiger partial charge in [0.05, 0.1) is 5.56 Å². The molecule has 2 unspecified atom stereocenters. The number of ether oxygens (including phenoxy) is 1. The third-order valence-electron chi connectivity index (χ3n) is 3.89. The van der Waals surface area contributed by atoms with Crippen molar-refractivity contribution in [2.24, 2.45) is 0 Å². The minimum absolute atomic E-state index is 0.0298. The molecular weight excluding hydrogens is 255 g/mol. The molecule has 0 radical (unpaired) electrons. The average Bonchev–Trinajstić information content (AvgIpc) is 2.68. The van der Waals surface area contributed by atoms with E-state index in [1.165, 1.54) is 6.07 Å². The van der Waals surface area contributed by atoms with Crippen LogP contribution >= 0.6 is 0 Å². The van der Waals surface area contributed by atoms with Crippen molar-refractivity contribution in [2.45, 2.75) is 50.0 Å². The summed E-state index contributed by atoms with van der Waals surface area (Å²) < 4.78 is 43.6. The molecule has 0 aliphatic carbocycles.